The van der Waals surface area contributed by atoms with Crippen molar-refractivity contribution in [2.24, 2.45) is 0 Å². The van der Waals surface area contributed by atoms with E-state index in [1.807, 2.05) is 15.9 Å². The van der Waals surface area contributed by atoms with Crippen molar-refractivity contribution in [1.82, 2.24) is 9.88 Å². The van der Waals surface area contributed by atoms with Crippen LogP contribution in [0.2, 0.25) is 5.02 Å². The number of benzene rings is 2. The van der Waals surface area contributed by atoms with E-state index in [-0.39, 0.29) is 10.9 Å². The summed E-state index contributed by atoms with van der Waals surface area (Å²) in [6, 6.07) is 10.1. The summed E-state index contributed by atoms with van der Waals surface area (Å²) >= 11 is 5.73. The first-order valence-corrected chi connectivity index (χ1v) is 9.72. The van der Waals surface area contributed by atoms with Crippen molar-refractivity contribution in [2.75, 3.05) is 42.9 Å². The summed E-state index contributed by atoms with van der Waals surface area (Å²) in [6.45, 7) is 2.93. The molecule has 0 spiro atoms. The highest BCUT2D eigenvalue weighted by molar-refractivity contribution is 6.30. The molecule has 1 fully saturated rings. The van der Waals surface area contributed by atoms with Crippen LogP contribution in [-0.4, -0.2) is 48.5 Å². The van der Waals surface area contributed by atoms with Crippen molar-refractivity contribution in [3.63, 3.8) is 0 Å². The Morgan fingerprint density at radius 1 is 1.17 bits per heavy atom. The largest absolute Gasteiger partial charge is 0.417 e. The van der Waals surface area contributed by atoms with E-state index in [4.69, 9.17) is 16.0 Å². The fraction of sp³-hybridized carbons (Fsp3) is 0.300. The third kappa shape index (κ3) is 4.37. The number of nitrogens with zero attached hydrogens (tertiary/aromatic N) is 2. The van der Waals surface area contributed by atoms with Crippen LogP contribution in [-0.2, 0) is 4.79 Å². The Morgan fingerprint density at radius 2 is 1.97 bits per heavy atom. The van der Waals surface area contributed by atoms with Crippen molar-refractivity contribution in [2.45, 2.75) is 6.42 Å². The third-order valence-corrected chi connectivity index (χ3v) is 5.30. The molecule has 2 N–H and O–H groups in total. The average molecular weight is 419 g/mol. The molecule has 0 radical (unpaired) electrons. The minimum Gasteiger partial charge on any atom is -0.408 e. The van der Waals surface area contributed by atoms with E-state index in [0.717, 1.165) is 11.4 Å². The first-order valence-electron chi connectivity index (χ1n) is 9.34. The van der Waals surface area contributed by atoms with Gasteiger partial charge < -0.3 is 19.5 Å². The van der Waals surface area contributed by atoms with Crippen LogP contribution in [0, 0.1) is 5.82 Å². The summed E-state index contributed by atoms with van der Waals surface area (Å²) in [6.07, 6.45) is 0.352. The van der Waals surface area contributed by atoms with Gasteiger partial charge in [-0.2, -0.15) is 0 Å². The van der Waals surface area contributed by atoms with Crippen LogP contribution in [0.15, 0.2) is 45.6 Å². The number of anilines is 2. The molecule has 0 atom stereocenters. The van der Waals surface area contributed by atoms with Gasteiger partial charge in [-0.1, -0.05) is 11.6 Å². The zero-order valence-electron chi connectivity index (χ0n) is 15.6. The molecule has 29 heavy (non-hydrogen) atoms. The molecular weight excluding hydrogens is 399 g/mol. The first-order chi connectivity index (χ1) is 14.0. The minimum absolute atomic E-state index is 0.0636. The molecule has 0 aliphatic carbocycles. The van der Waals surface area contributed by atoms with E-state index in [0.29, 0.717) is 50.2 Å². The van der Waals surface area contributed by atoms with Crippen LogP contribution in [0.4, 0.5) is 15.8 Å². The highest BCUT2D eigenvalue weighted by atomic mass is 35.5. The lowest BCUT2D eigenvalue weighted by Gasteiger charge is -2.36. The highest BCUT2D eigenvalue weighted by Gasteiger charge is 2.21. The first kappa shape index (κ1) is 19.3. The lowest BCUT2D eigenvalue weighted by Crippen LogP contribution is -2.49. The van der Waals surface area contributed by atoms with Gasteiger partial charge in [-0.3, -0.25) is 9.78 Å². The van der Waals surface area contributed by atoms with E-state index in [2.05, 4.69) is 10.3 Å². The normalized spacial score (nSPS) is 14.4. The van der Waals surface area contributed by atoms with Gasteiger partial charge >= 0.3 is 5.76 Å². The number of hydrogen-bond acceptors (Lipinski definition) is 5. The van der Waals surface area contributed by atoms with Crippen LogP contribution in [0.5, 0.6) is 0 Å². The van der Waals surface area contributed by atoms with Crippen LogP contribution in [0.3, 0.4) is 0 Å². The quantitative estimate of drug-likeness (QED) is 0.665. The van der Waals surface area contributed by atoms with Crippen molar-refractivity contribution >= 4 is 40.0 Å². The summed E-state index contributed by atoms with van der Waals surface area (Å²) in [4.78, 5) is 30.1. The Balaban J connectivity index is 1.26. The molecule has 1 aliphatic heterocycles. The van der Waals surface area contributed by atoms with E-state index >= 15 is 0 Å². The number of oxazole rings is 1. The molecule has 1 saturated heterocycles. The van der Waals surface area contributed by atoms with Gasteiger partial charge in [0.1, 0.15) is 5.82 Å². The van der Waals surface area contributed by atoms with Gasteiger partial charge in [-0.25, -0.2) is 9.18 Å². The summed E-state index contributed by atoms with van der Waals surface area (Å²) < 4.78 is 18.7. The van der Waals surface area contributed by atoms with E-state index in [1.165, 1.54) is 6.07 Å². The molecule has 7 nitrogen and oxygen atoms in total. The number of nitrogens with one attached hydrogen (secondary N) is 2. The van der Waals surface area contributed by atoms with E-state index < -0.39 is 11.6 Å². The second-order valence-corrected chi connectivity index (χ2v) is 7.28. The lowest BCUT2D eigenvalue weighted by atomic mass is 10.2. The Bertz CT molecular complexity index is 1090. The number of hydrogen-bond donors (Lipinski definition) is 2. The minimum atomic E-state index is -0.493. The number of aromatic amines is 1. The van der Waals surface area contributed by atoms with Crippen molar-refractivity contribution in [3.8, 4) is 0 Å². The number of carbonyl (C=O) groups is 1. The monoisotopic (exact) mass is 418 g/mol. The summed E-state index contributed by atoms with van der Waals surface area (Å²) in [7, 11) is 0. The van der Waals surface area contributed by atoms with Crippen molar-refractivity contribution < 1.29 is 13.6 Å². The molecule has 2 heterocycles. The molecule has 9 heteroatoms. The van der Waals surface area contributed by atoms with Crippen LogP contribution in [0.25, 0.3) is 11.1 Å². The van der Waals surface area contributed by atoms with E-state index in [1.54, 1.807) is 24.3 Å². The van der Waals surface area contributed by atoms with Gasteiger partial charge in [-0.05, 0) is 30.3 Å². The van der Waals surface area contributed by atoms with E-state index in [9.17, 15) is 14.0 Å². The summed E-state index contributed by atoms with van der Waals surface area (Å²) in [5.74, 6) is -0.868. The molecule has 3 aromatic rings. The number of amides is 1. The van der Waals surface area contributed by atoms with Crippen LogP contribution < -0.4 is 16.0 Å². The maximum absolute atomic E-state index is 13.7. The zero-order chi connectivity index (χ0) is 20.4. The topological polar surface area (TPSA) is 81.6 Å². The predicted molar refractivity (Wildman–Crippen MR) is 110 cm³/mol. The SMILES string of the molecule is O=C(CCNc1ccc2[nH]c(=O)oc2c1)N1CCN(c2ccc(Cl)c(F)c2)CC1. The maximum atomic E-state index is 13.7. The maximum Gasteiger partial charge on any atom is 0.417 e. The molecule has 1 aromatic heterocycles. The van der Waals surface area contributed by atoms with Gasteiger partial charge in [0, 0.05) is 56.6 Å². The number of piperazine rings is 1. The molecule has 152 valence electrons. The van der Waals surface area contributed by atoms with Gasteiger partial charge in [0.25, 0.3) is 0 Å². The average Bonchev–Trinajstić information content (AvgIpc) is 3.09. The molecule has 1 amide bonds. The van der Waals surface area contributed by atoms with Gasteiger partial charge in [0.05, 0.1) is 10.5 Å². The number of aromatic nitrogens is 1. The predicted octanol–water partition coefficient (Wildman–Crippen LogP) is 3.06. The highest BCUT2D eigenvalue weighted by Crippen LogP contribution is 2.23. The Labute approximate surface area is 171 Å². The fourth-order valence-corrected chi connectivity index (χ4v) is 3.54. The second-order valence-electron chi connectivity index (χ2n) is 6.87. The molecular formula is C20H20ClFN4O3. The third-order valence-electron chi connectivity index (χ3n) is 4.99. The lowest BCUT2D eigenvalue weighted by molar-refractivity contribution is -0.131. The van der Waals surface area contributed by atoms with Gasteiger partial charge in [0.15, 0.2) is 5.58 Å². The van der Waals surface area contributed by atoms with Crippen LogP contribution >= 0.6 is 11.6 Å². The number of halogens is 2. The van der Waals surface area contributed by atoms with Crippen molar-refractivity contribution in [3.05, 3.63) is 57.8 Å². The molecule has 0 bridgehead atoms. The fourth-order valence-electron chi connectivity index (χ4n) is 3.42. The van der Waals surface area contributed by atoms with Crippen molar-refractivity contribution in [1.29, 1.82) is 0 Å². The Morgan fingerprint density at radius 3 is 2.72 bits per heavy atom. The molecule has 2 aromatic carbocycles. The Hall–Kier alpha value is -3.00. The standard InChI is InChI=1S/C20H20ClFN4O3/c21-15-3-2-14(12-16(15)22)25-7-9-26(10-8-25)19(27)5-6-23-13-1-4-17-18(11-13)29-20(28)24-17/h1-4,11-12,23H,5-10H2,(H,24,28). The molecule has 0 saturated carbocycles. The number of H-pyrrole nitrogens is 1. The van der Waals surface area contributed by atoms with Gasteiger partial charge in [0.2, 0.25) is 5.91 Å². The molecule has 0 unspecified atom stereocenters. The number of fused-ring (bicyclic) bond motifs is 1. The Kier molecular flexibility index (Phi) is 5.44. The van der Waals surface area contributed by atoms with Crippen LogP contribution in [0.1, 0.15) is 6.42 Å². The number of rotatable bonds is 5. The summed E-state index contributed by atoms with van der Waals surface area (Å²) in [5.41, 5.74) is 2.66. The molecule has 1 aliphatic rings. The summed E-state index contributed by atoms with van der Waals surface area (Å²) in [5, 5.41) is 3.28. The zero-order valence-corrected chi connectivity index (χ0v) is 16.3. The second kappa shape index (κ2) is 8.16. The molecule has 4 rings (SSSR count). The number of carbonyl (C=O) groups excluding carboxylic acids is 1. The van der Waals surface area contributed by atoms with Gasteiger partial charge in [-0.15, -0.1) is 0 Å². The smallest absolute Gasteiger partial charge is 0.408 e.